The van der Waals surface area contributed by atoms with E-state index in [0.29, 0.717) is 22.7 Å². The molecule has 7 heteroatoms. The van der Waals surface area contributed by atoms with Crippen LogP contribution in [0.15, 0.2) is 42.5 Å². The third-order valence-electron chi connectivity index (χ3n) is 3.28. The van der Waals surface area contributed by atoms with Gasteiger partial charge in [-0.1, -0.05) is 12.1 Å². The summed E-state index contributed by atoms with van der Waals surface area (Å²) < 4.78 is 28.1. The zero-order valence-electron chi connectivity index (χ0n) is 12.6. The number of carbonyl (C=O) groups excluding carboxylic acids is 2. The van der Waals surface area contributed by atoms with Crippen LogP contribution in [0.25, 0.3) is 0 Å². The molecule has 0 saturated heterocycles. The Morgan fingerprint density at radius 1 is 1.08 bits per heavy atom. The molecule has 6 nitrogen and oxygen atoms in total. The van der Waals surface area contributed by atoms with Gasteiger partial charge in [-0.15, -0.1) is 0 Å². The second kappa shape index (κ2) is 6.99. The van der Waals surface area contributed by atoms with Gasteiger partial charge >= 0.3 is 5.97 Å². The Morgan fingerprint density at radius 2 is 1.83 bits per heavy atom. The van der Waals surface area contributed by atoms with Crippen LogP contribution in [-0.4, -0.2) is 25.3 Å². The van der Waals surface area contributed by atoms with Crippen molar-refractivity contribution in [2.75, 3.05) is 18.7 Å². The maximum atomic E-state index is 12.8. The molecule has 0 bridgehead atoms. The summed E-state index contributed by atoms with van der Waals surface area (Å²) in [7, 11) is 0. The molecule has 0 unspecified atom stereocenters. The van der Waals surface area contributed by atoms with E-state index in [0.717, 1.165) is 0 Å². The van der Waals surface area contributed by atoms with E-state index >= 15 is 0 Å². The minimum atomic E-state index is -0.567. The number of hydrogen-bond donors (Lipinski definition) is 1. The number of ether oxygens (including phenoxy) is 3. The Bertz CT molecular complexity index is 760. The number of rotatable bonds is 5. The molecule has 2 aromatic rings. The Labute approximate surface area is 137 Å². The molecule has 0 saturated carbocycles. The number of fused-ring (bicyclic) bond motifs is 1. The van der Waals surface area contributed by atoms with Crippen molar-refractivity contribution in [2.45, 2.75) is 6.42 Å². The van der Waals surface area contributed by atoms with Crippen molar-refractivity contribution >= 4 is 17.6 Å². The molecule has 0 radical (unpaired) electrons. The van der Waals surface area contributed by atoms with Gasteiger partial charge in [0.05, 0.1) is 6.42 Å². The van der Waals surface area contributed by atoms with Gasteiger partial charge in [-0.3, -0.25) is 9.59 Å². The lowest BCUT2D eigenvalue weighted by Crippen LogP contribution is -2.21. The predicted molar refractivity (Wildman–Crippen MR) is 82.3 cm³/mol. The zero-order chi connectivity index (χ0) is 16.9. The number of anilines is 1. The highest BCUT2D eigenvalue weighted by molar-refractivity contribution is 5.93. The van der Waals surface area contributed by atoms with E-state index in [1.54, 1.807) is 18.2 Å². The molecule has 0 aliphatic carbocycles. The first-order valence-electron chi connectivity index (χ1n) is 7.20. The van der Waals surface area contributed by atoms with Gasteiger partial charge in [-0.2, -0.15) is 0 Å². The minimum Gasteiger partial charge on any atom is -0.455 e. The van der Waals surface area contributed by atoms with Gasteiger partial charge in [-0.25, -0.2) is 4.39 Å². The lowest BCUT2D eigenvalue weighted by molar-refractivity contribution is -0.146. The molecule has 1 aliphatic heterocycles. The molecule has 3 rings (SSSR count). The maximum Gasteiger partial charge on any atom is 0.310 e. The molecular weight excluding hydrogens is 317 g/mol. The largest absolute Gasteiger partial charge is 0.455 e. The minimum absolute atomic E-state index is 0.0302. The van der Waals surface area contributed by atoms with Crippen LogP contribution in [0.3, 0.4) is 0 Å². The molecule has 1 amide bonds. The summed E-state index contributed by atoms with van der Waals surface area (Å²) in [6.45, 7) is -0.262. The fourth-order valence-electron chi connectivity index (χ4n) is 2.14. The molecule has 0 aromatic heterocycles. The van der Waals surface area contributed by atoms with E-state index in [4.69, 9.17) is 14.2 Å². The quantitative estimate of drug-likeness (QED) is 0.851. The van der Waals surface area contributed by atoms with Crippen LogP contribution in [0, 0.1) is 5.82 Å². The molecule has 124 valence electrons. The lowest BCUT2D eigenvalue weighted by atomic mass is 10.1. The lowest BCUT2D eigenvalue weighted by Gasteiger charge is -2.07. The van der Waals surface area contributed by atoms with Gasteiger partial charge in [0, 0.05) is 11.8 Å². The highest BCUT2D eigenvalue weighted by Gasteiger charge is 2.15. The van der Waals surface area contributed by atoms with Gasteiger partial charge in [-0.05, 0) is 29.8 Å². The van der Waals surface area contributed by atoms with Crippen LogP contribution in [0.1, 0.15) is 5.56 Å². The molecule has 1 aliphatic rings. The van der Waals surface area contributed by atoms with Crippen molar-refractivity contribution in [3.63, 3.8) is 0 Å². The number of nitrogens with one attached hydrogen (secondary N) is 1. The van der Waals surface area contributed by atoms with Crippen LogP contribution in [0.5, 0.6) is 11.5 Å². The van der Waals surface area contributed by atoms with Gasteiger partial charge < -0.3 is 19.5 Å². The number of amides is 1. The summed E-state index contributed by atoms with van der Waals surface area (Å²) in [4.78, 5) is 23.5. The first-order valence-corrected chi connectivity index (χ1v) is 7.20. The van der Waals surface area contributed by atoms with Crippen LogP contribution >= 0.6 is 0 Å². The SMILES string of the molecule is O=C(COC(=O)Cc1ccc(F)cc1)Nc1ccc2c(c1)OCO2. The summed E-state index contributed by atoms with van der Waals surface area (Å²) >= 11 is 0. The van der Waals surface area contributed by atoms with Gasteiger partial charge in [0.15, 0.2) is 18.1 Å². The van der Waals surface area contributed by atoms with E-state index in [1.165, 1.54) is 24.3 Å². The van der Waals surface area contributed by atoms with Crippen molar-refractivity contribution in [1.29, 1.82) is 0 Å². The average Bonchev–Trinajstić information content (AvgIpc) is 3.03. The fraction of sp³-hybridized carbons (Fsp3) is 0.176. The standard InChI is InChI=1S/C17H14FNO5/c18-12-3-1-11(2-4-12)7-17(21)22-9-16(20)19-13-5-6-14-15(8-13)24-10-23-14/h1-6,8H,7,9-10H2,(H,19,20). The summed E-state index contributed by atoms with van der Waals surface area (Å²) in [5, 5.41) is 2.60. The molecular formula is C17H14FNO5. The molecule has 0 fully saturated rings. The van der Waals surface area contributed by atoms with Crippen LogP contribution in [0.4, 0.5) is 10.1 Å². The molecule has 1 N–H and O–H groups in total. The Hall–Kier alpha value is -3.09. The van der Waals surface area contributed by atoms with Crippen LogP contribution in [-0.2, 0) is 20.7 Å². The Kier molecular flexibility index (Phi) is 4.60. The van der Waals surface area contributed by atoms with Crippen molar-refractivity contribution in [3.05, 3.63) is 53.8 Å². The highest BCUT2D eigenvalue weighted by atomic mass is 19.1. The highest BCUT2D eigenvalue weighted by Crippen LogP contribution is 2.34. The first-order chi connectivity index (χ1) is 11.6. The predicted octanol–water partition coefficient (Wildman–Crippen LogP) is 2.28. The van der Waals surface area contributed by atoms with Crippen molar-refractivity contribution < 1.29 is 28.2 Å². The maximum absolute atomic E-state index is 12.8. The second-order valence-corrected chi connectivity index (χ2v) is 5.08. The van der Waals surface area contributed by atoms with Gasteiger partial charge in [0.1, 0.15) is 5.82 Å². The summed E-state index contributed by atoms with van der Waals surface area (Å²) in [5.41, 5.74) is 1.12. The Balaban J connectivity index is 1.46. The number of esters is 1. The van der Waals surface area contributed by atoms with E-state index in [1.807, 2.05) is 0 Å². The van der Waals surface area contributed by atoms with Crippen LogP contribution in [0.2, 0.25) is 0 Å². The normalized spacial score (nSPS) is 11.9. The molecule has 1 heterocycles. The number of halogens is 1. The van der Waals surface area contributed by atoms with Crippen molar-refractivity contribution in [3.8, 4) is 11.5 Å². The van der Waals surface area contributed by atoms with E-state index in [-0.39, 0.29) is 19.0 Å². The summed E-state index contributed by atoms with van der Waals surface area (Å²) in [6, 6.07) is 10.5. The van der Waals surface area contributed by atoms with Crippen LogP contribution < -0.4 is 14.8 Å². The summed E-state index contributed by atoms with van der Waals surface area (Å²) in [5.74, 6) is -0.265. The topological polar surface area (TPSA) is 73.9 Å². The third-order valence-corrected chi connectivity index (χ3v) is 3.28. The first kappa shape index (κ1) is 15.8. The molecule has 24 heavy (non-hydrogen) atoms. The number of hydrogen-bond acceptors (Lipinski definition) is 5. The second-order valence-electron chi connectivity index (χ2n) is 5.08. The van der Waals surface area contributed by atoms with Crippen molar-refractivity contribution in [2.24, 2.45) is 0 Å². The average molecular weight is 331 g/mol. The van der Waals surface area contributed by atoms with Crippen molar-refractivity contribution in [1.82, 2.24) is 0 Å². The monoisotopic (exact) mass is 331 g/mol. The number of carbonyl (C=O) groups is 2. The molecule has 2 aromatic carbocycles. The zero-order valence-corrected chi connectivity index (χ0v) is 12.6. The van der Waals surface area contributed by atoms with E-state index in [2.05, 4.69) is 5.32 Å². The Morgan fingerprint density at radius 3 is 2.62 bits per heavy atom. The smallest absolute Gasteiger partial charge is 0.310 e. The third kappa shape index (κ3) is 4.01. The van der Waals surface area contributed by atoms with Gasteiger partial charge in [0.25, 0.3) is 5.91 Å². The van der Waals surface area contributed by atoms with E-state index < -0.39 is 18.5 Å². The number of benzene rings is 2. The molecule has 0 spiro atoms. The van der Waals surface area contributed by atoms with Gasteiger partial charge in [0.2, 0.25) is 6.79 Å². The summed E-state index contributed by atoms with van der Waals surface area (Å²) in [6.07, 6.45) is -0.0302. The molecule has 0 atom stereocenters. The van der Waals surface area contributed by atoms with E-state index in [9.17, 15) is 14.0 Å². The fourth-order valence-corrected chi connectivity index (χ4v) is 2.14.